The van der Waals surface area contributed by atoms with Gasteiger partial charge in [0.15, 0.2) is 0 Å². The lowest BCUT2D eigenvalue weighted by Crippen LogP contribution is -2.38. The van der Waals surface area contributed by atoms with Crippen molar-refractivity contribution in [3.63, 3.8) is 0 Å². The molecule has 3 rings (SSSR count). The molecule has 0 atom stereocenters. The van der Waals surface area contributed by atoms with Crippen LogP contribution in [0.1, 0.15) is 35.9 Å². The number of benzene rings is 1. The maximum absolute atomic E-state index is 13.1. The lowest BCUT2D eigenvalue weighted by Gasteiger charge is -2.25. The standard InChI is InChI=1S/C20H20FN3O3/c1-13(2)23(12-17-9-4-14(3)27-17)20(26)18-10-11-19(25)24(22-18)16-7-5-15(21)6-8-16/h4-11,13H,12H2,1-3H3. The van der Waals surface area contributed by atoms with E-state index in [1.807, 2.05) is 32.9 Å². The topological polar surface area (TPSA) is 68.3 Å². The molecule has 140 valence electrons. The molecule has 2 aromatic heterocycles. The van der Waals surface area contributed by atoms with Gasteiger partial charge in [-0.05, 0) is 63.2 Å². The molecule has 0 unspecified atom stereocenters. The molecule has 0 saturated carbocycles. The number of aromatic nitrogens is 2. The van der Waals surface area contributed by atoms with E-state index < -0.39 is 11.4 Å². The van der Waals surface area contributed by atoms with Gasteiger partial charge in [0.25, 0.3) is 11.5 Å². The lowest BCUT2D eigenvalue weighted by atomic mass is 10.2. The van der Waals surface area contributed by atoms with Gasteiger partial charge in [-0.25, -0.2) is 4.39 Å². The van der Waals surface area contributed by atoms with Crippen molar-refractivity contribution in [2.45, 2.75) is 33.4 Å². The fourth-order valence-corrected chi connectivity index (χ4v) is 2.67. The van der Waals surface area contributed by atoms with Gasteiger partial charge < -0.3 is 9.32 Å². The monoisotopic (exact) mass is 369 g/mol. The van der Waals surface area contributed by atoms with Crippen molar-refractivity contribution in [1.29, 1.82) is 0 Å². The van der Waals surface area contributed by atoms with Gasteiger partial charge in [-0.3, -0.25) is 9.59 Å². The molecule has 0 spiro atoms. The Morgan fingerprint density at radius 3 is 2.44 bits per heavy atom. The van der Waals surface area contributed by atoms with Crippen molar-refractivity contribution in [3.05, 3.63) is 81.9 Å². The zero-order valence-electron chi connectivity index (χ0n) is 15.3. The molecule has 1 aromatic carbocycles. The highest BCUT2D eigenvalue weighted by Crippen LogP contribution is 2.15. The van der Waals surface area contributed by atoms with Gasteiger partial charge in [0.2, 0.25) is 0 Å². The minimum absolute atomic E-state index is 0.101. The number of carbonyl (C=O) groups is 1. The molecular formula is C20H20FN3O3. The fourth-order valence-electron chi connectivity index (χ4n) is 2.67. The highest BCUT2D eigenvalue weighted by molar-refractivity contribution is 5.92. The van der Waals surface area contributed by atoms with E-state index in [0.29, 0.717) is 18.0 Å². The average Bonchev–Trinajstić information content (AvgIpc) is 3.05. The summed E-state index contributed by atoms with van der Waals surface area (Å²) in [6, 6.07) is 11.6. The SMILES string of the molecule is Cc1ccc(CN(C(=O)c2ccc(=O)n(-c3ccc(F)cc3)n2)C(C)C)o1. The molecule has 0 radical (unpaired) electrons. The second-order valence-electron chi connectivity index (χ2n) is 6.48. The molecule has 7 heteroatoms. The summed E-state index contributed by atoms with van der Waals surface area (Å²) in [4.78, 5) is 26.7. The van der Waals surface area contributed by atoms with Crippen molar-refractivity contribution in [2.24, 2.45) is 0 Å². The first-order chi connectivity index (χ1) is 12.8. The van der Waals surface area contributed by atoms with Crippen LogP contribution in [0.15, 0.2) is 57.7 Å². The van der Waals surface area contributed by atoms with E-state index in [1.165, 1.54) is 36.4 Å². The van der Waals surface area contributed by atoms with E-state index in [2.05, 4.69) is 5.10 Å². The minimum Gasteiger partial charge on any atom is -0.464 e. The Balaban J connectivity index is 1.93. The van der Waals surface area contributed by atoms with Crippen LogP contribution in [0.3, 0.4) is 0 Å². The van der Waals surface area contributed by atoms with Gasteiger partial charge in [-0.1, -0.05) is 0 Å². The van der Waals surface area contributed by atoms with Crippen molar-refractivity contribution in [3.8, 4) is 5.69 Å². The summed E-state index contributed by atoms with van der Waals surface area (Å²) < 4.78 is 19.8. The Labute approximate surface area is 155 Å². The Bertz CT molecular complexity index is 1010. The van der Waals surface area contributed by atoms with Crippen LogP contribution < -0.4 is 5.56 Å². The van der Waals surface area contributed by atoms with Crippen LogP contribution in [0.4, 0.5) is 4.39 Å². The number of aryl methyl sites for hydroxylation is 1. The quantitative estimate of drug-likeness (QED) is 0.692. The first kappa shape index (κ1) is 18.6. The van der Waals surface area contributed by atoms with Crippen LogP contribution in [0.25, 0.3) is 5.69 Å². The van der Waals surface area contributed by atoms with Crippen LogP contribution in [0.5, 0.6) is 0 Å². The number of halogens is 1. The summed E-state index contributed by atoms with van der Waals surface area (Å²) in [5.41, 5.74) is 0.0978. The van der Waals surface area contributed by atoms with Gasteiger partial charge in [0.05, 0.1) is 12.2 Å². The van der Waals surface area contributed by atoms with Crippen LogP contribution in [0.2, 0.25) is 0 Å². The van der Waals surface area contributed by atoms with E-state index >= 15 is 0 Å². The number of hydrogen-bond acceptors (Lipinski definition) is 4. The summed E-state index contributed by atoms with van der Waals surface area (Å²) in [6.45, 7) is 5.92. The van der Waals surface area contributed by atoms with Crippen molar-refractivity contribution in [1.82, 2.24) is 14.7 Å². The van der Waals surface area contributed by atoms with Gasteiger partial charge in [0, 0.05) is 12.1 Å². The number of rotatable bonds is 5. The van der Waals surface area contributed by atoms with Crippen LogP contribution in [-0.2, 0) is 6.54 Å². The van der Waals surface area contributed by atoms with E-state index in [-0.39, 0.29) is 17.6 Å². The van der Waals surface area contributed by atoms with E-state index in [4.69, 9.17) is 4.42 Å². The maximum atomic E-state index is 13.1. The van der Waals surface area contributed by atoms with Gasteiger partial charge in [-0.2, -0.15) is 9.78 Å². The normalized spacial score (nSPS) is 11.0. The molecular weight excluding hydrogens is 349 g/mol. The summed E-state index contributed by atoms with van der Waals surface area (Å²) in [6.07, 6.45) is 0. The van der Waals surface area contributed by atoms with Crippen LogP contribution in [-0.4, -0.2) is 26.6 Å². The molecule has 3 aromatic rings. The summed E-state index contributed by atoms with van der Waals surface area (Å²) >= 11 is 0. The number of nitrogens with zero attached hydrogens (tertiary/aromatic N) is 3. The van der Waals surface area contributed by atoms with Gasteiger partial charge >= 0.3 is 0 Å². The zero-order valence-corrected chi connectivity index (χ0v) is 15.3. The summed E-state index contributed by atoms with van der Waals surface area (Å²) in [7, 11) is 0. The third kappa shape index (κ3) is 4.13. The molecule has 0 aliphatic rings. The van der Waals surface area contributed by atoms with Gasteiger partial charge in [-0.15, -0.1) is 0 Å². The van der Waals surface area contributed by atoms with E-state index in [1.54, 1.807) is 4.90 Å². The Kier molecular flexibility index (Phi) is 5.21. The molecule has 0 N–H and O–H groups in total. The molecule has 2 heterocycles. The minimum atomic E-state index is -0.418. The smallest absolute Gasteiger partial charge is 0.274 e. The second-order valence-corrected chi connectivity index (χ2v) is 6.48. The molecule has 0 saturated heterocycles. The zero-order chi connectivity index (χ0) is 19.6. The van der Waals surface area contributed by atoms with Crippen LogP contribution >= 0.6 is 0 Å². The predicted molar refractivity (Wildman–Crippen MR) is 98.2 cm³/mol. The molecule has 1 amide bonds. The molecule has 6 nitrogen and oxygen atoms in total. The number of carbonyl (C=O) groups excluding carboxylic acids is 1. The fraction of sp³-hybridized carbons (Fsp3) is 0.250. The first-order valence-corrected chi connectivity index (χ1v) is 8.58. The van der Waals surface area contributed by atoms with E-state index in [9.17, 15) is 14.0 Å². The van der Waals surface area contributed by atoms with Crippen molar-refractivity contribution in [2.75, 3.05) is 0 Å². The number of furan rings is 1. The molecule has 0 aliphatic carbocycles. The average molecular weight is 369 g/mol. The predicted octanol–water partition coefficient (Wildman–Crippen LogP) is 3.32. The van der Waals surface area contributed by atoms with E-state index in [0.717, 1.165) is 10.4 Å². The second kappa shape index (κ2) is 7.57. The third-order valence-electron chi connectivity index (χ3n) is 4.10. The van der Waals surface area contributed by atoms with Crippen molar-refractivity contribution < 1.29 is 13.6 Å². The molecule has 0 aliphatic heterocycles. The summed E-state index contributed by atoms with van der Waals surface area (Å²) in [5.74, 6) is 0.694. The highest BCUT2D eigenvalue weighted by Gasteiger charge is 2.22. The Hall–Kier alpha value is -3.22. The largest absolute Gasteiger partial charge is 0.464 e. The van der Waals surface area contributed by atoms with Gasteiger partial charge in [0.1, 0.15) is 23.0 Å². The van der Waals surface area contributed by atoms with Crippen molar-refractivity contribution >= 4 is 5.91 Å². The molecule has 0 bridgehead atoms. The third-order valence-corrected chi connectivity index (χ3v) is 4.10. The Morgan fingerprint density at radius 2 is 1.85 bits per heavy atom. The molecule has 0 fully saturated rings. The first-order valence-electron chi connectivity index (χ1n) is 8.58. The lowest BCUT2D eigenvalue weighted by molar-refractivity contribution is 0.0667. The number of amides is 1. The maximum Gasteiger partial charge on any atom is 0.274 e. The number of hydrogen-bond donors (Lipinski definition) is 0. The molecule has 27 heavy (non-hydrogen) atoms. The summed E-state index contributed by atoms with van der Waals surface area (Å²) in [5, 5.41) is 4.18. The van der Waals surface area contributed by atoms with Crippen LogP contribution in [0, 0.1) is 12.7 Å². The highest BCUT2D eigenvalue weighted by atomic mass is 19.1. The Morgan fingerprint density at radius 1 is 1.15 bits per heavy atom.